The van der Waals surface area contributed by atoms with Crippen molar-refractivity contribution in [2.75, 3.05) is 34.0 Å². The van der Waals surface area contributed by atoms with Gasteiger partial charge < -0.3 is 19.9 Å². The van der Waals surface area contributed by atoms with Gasteiger partial charge in [0, 0.05) is 52.9 Å². The van der Waals surface area contributed by atoms with E-state index in [1.807, 2.05) is 0 Å². The van der Waals surface area contributed by atoms with Crippen LogP contribution in [0.3, 0.4) is 0 Å². The second-order valence-electron chi connectivity index (χ2n) is 4.12. The zero-order valence-corrected chi connectivity index (χ0v) is 9.83. The van der Waals surface area contributed by atoms with Crippen molar-refractivity contribution in [2.24, 2.45) is 5.73 Å². The molecule has 1 aliphatic heterocycles. The van der Waals surface area contributed by atoms with Gasteiger partial charge in [-0.05, 0) is 12.8 Å². The lowest BCUT2D eigenvalue weighted by atomic mass is 9.84. The number of rotatable bonds is 6. The molecule has 0 bridgehead atoms. The SMILES string of the molecule is COCCCC(N)C1(OC)CCOCC1. The highest BCUT2D eigenvalue weighted by atomic mass is 16.5. The molecule has 0 aromatic carbocycles. The van der Waals surface area contributed by atoms with Crippen molar-refractivity contribution in [3.05, 3.63) is 0 Å². The molecular formula is C11H23NO3. The predicted molar refractivity (Wildman–Crippen MR) is 58.9 cm³/mol. The Morgan fingerprint density at radius 3 is 2.53 bits per heavy atom. The molecule has 1 atom stereocenters. The molecule has 15 heavy (non-hydrogen) atoms. The fourth-order valence-electron chi connectivity index (χ4n) is 2.15. The van der Waals surface area contributed by atoms with Gasteiger partial charge >= 0.3 is 0 Å². The highest BCUT2D eigenvalue weighted by Gasteiger charge is 2.38. The van der Waals surface area contributed by atoms with Gasteiger partial charge in [-0.3, -0.25) is 0 Å². The Morgan fingerprint density at radius 2 is 2.00 bits per heavy atom. The minimum atomic E-state index is -0.175. The molecule has 1 saturated heterocycles. The number of methoxy groups -OCH3 is 2. The lowest BCUT2D eigenvalue weighted by molar-refractivity contribution is -0.105. The van der Waals surface area contributed by atoms with Crippen molar-refractivity contribution in [2.45, 2.75) is 37.3 Å². The van der Waals surface area contributed by atoms with Crippen molar-refractivity contribution in [3.8, 4) is 0 Å². The van der Waals surface area contributed by atoms with Gasteiger partial charge in [0.15, 0.2) is 0 Å². The molecule has 0 spiro atoms. The van der Waals surface area contributed by atoms with Gasteiger partial charge in [-0.15, -0.1) is 0 Å². The average molecular weight is 217 g/mol. The third-order valence-corrected chi connectivity index (χ3v) is 3.29. The molecule has 0 aromatic rings. The van der Waals surface area contributed by atoms with E-state index < -0.39 is 0 Å². The first kappa shape index (κ1) is 12.9. The molecule has 1 aliphatic rings. The van der Waals surface area contributed by atoms with Gasteiger partial charge in [-0.1, -0.05) is 0 Å². The molecule has 0 amide bonds. The van der Waals surface area contributed by atoms with Crippen LogP contribution in [0.4, 0.5) is 0 Å². The first-order chi connectivity index (χ1) is 7.25. The first-order valence-electron chi connectivity index (χ1n) is 5.62. The van der Waals surface area contributed by atoms with E-state index in [1.165, 1.54) is 0 Å². The predicted octanol–water partition coefficient (Wildman–Crippen LogP) is 0.936. The van der Waals surface area contributed by atoms with Gasteiger partial charge in [0.05, 0.1) is 5.60 Å². The van der Waals surface area contributed by atoms with Crippen LogP contribution in [0.2, 0.25) is 0 Å². The maximum absolute atomic E-state index is 6.20. The Balaban J connectivity index is 2.40. The summed E-state index contributed by atoms with van der Waals surface area (Å²) in [5.74, 6) is 0. The maximum Gasteiger partial charge on any atom is 0.0872 e. The molecule has 0 aliphatic carbocycles. The molecule has 4 nitrogen and oxygen atoms in total. The fraction of sp³-hybridized carbons (Fsp3) is 1.00. The summed E-state index contributed by atoms with van der Waals surface area (Å²) in [4.78, 5) is 0. The second kappa shape index (κ2) is 6.43. The van der Waals surface area contributed by atoms with E-state index >= 15 is 0 Å². The Kier molecular flexibility index (Phi) is 5.53. The van der Waals surface area contributed by atoms with Crippen molar-refractivity contribution in [1.29, 1.82) is 0 Å². The Morgan fingerprint density at radius 1 is 1.33 bits per heavy atom. The number of ether oxygens (including phenoxy) is 3. The molecule has 0 radical (unpaired) electrons. The molecule has 1 unspecified atom stereocenters. The summed E-state index contributed by atoms with van der Waals surface area (Å²) < 4.78 is 16.0. The van der Waals surface area contributed by atoms with E-state index in [2.05, 4.69) is 0 Å². The Bertz CT molecular complexity index is 169. The van der Waals surface area contributed by atoms with Crippen LogP contribution in [0.25, 0.3) is 0 Å². The molecule has 0 saturated carbocycles. The van der Waals surface area contributed by atoms with Crippen molar-refractivity contribution in [3.63, 3.8) is 0 Å². The summed E-state index contributed by atoms with van der Waals surface area (Å²) in [5, 5.41) is 0. The van der Waals surface area contributed by atoms with Crippen LogP contribution in [-0.4, -0.2) is 45.7 Å². The highest BCUT2D eigenvalue weighted by Crippen LogP contribution is 2.29. The van der Waals surface area contributed by atoms with Crippen molar-refractivity contribution < 1.29 is 14.2 Å². The summed E-state index contributed by atoms with van der Waals surface area (Å²) in [5.41, 5.74) is 6.02. The molecule has 0 aromatic heterocycles. The van der Waals surface area contributed by atoms with Crippen LogP contribution in [0, 0.1) is 0 Å². The van der Waals surface area contributed by atoms with Crippen molar-refractivity contribution in [1.82, 2.24) is 0 Å². The van der Waals surface area contributed by atoms with Gasteiger partial charge in [0.1, 0.15) is 0 Å². The van der Waals surface area contributed by atoms with Crippen molar-refractivity contribution >= 4 is 0 Å². The number of nitrogens with two attached hydrogens (primary N) is 1. The van der Waals surface area contributed by atoms with E-state index in [-0.39, 0.29) is 11.6 Å². The minimum absolute atomic E-state index is 0.0848. The van der Waals surface area contributed by atoms with Crippen LogP contribution in [0.5, 0.6) is 0 Å². The smallest absolute Gasteiger partial charge is 0.0872 e. The topological polar surface area (TPSA) is 53.7 Å². The minimum Gasteiger partial charge on any atom is -0.385 e. The van der Waals surface area contributed by atoms with Crippen LogP contribution in [0.15, 0.2) is 0 Å². The molecule has 4 heteroatoms. The molecule has 1 heterocycles. The summed E-state index contributed by atoms with van der Waals surface area (Å²) in [6, 6.07) is 0.0848. The lowest BCUT2D eigenvalue weighted by Crippen LogP contribution is -2.52. The standard InChI is InChI=1S/C11H23NO3/c1-13-7-3-4-10(12)11(14-2)5-8-15-9-6-11/h10H,3-9,12H2,1-2H3. The molecule has 2 N–H and O–H groups in total. The number of hydrogen-bond donors (Lipinski definition) is 1. The molecule has 90 valence electrons. The maximum atomic E-state index is 6.20. The van der Waals surface area contributed by atoms with E-state index in [4.69, 9.17) is 19.9 Å². The zero-order valence-electron chi connectivity index (χ0n) is 9.83. The summed E-state index contributed by atoms with van der Waals surface area (Å²) in [6.45, 7) is 2.28. The molecular weight excluding hydrogens is 194 g/mol. The quantitative estimate of drug-likeness (QED) is 0.673. The van der Waals surface area contributed by atoms with Gasteiger partial charge in [-0.2, -0.15) is 0 Å². The monoisotopic (exact) mass is 217 g/mol. The third-order valence-electron chi connectivity index (χ3n) is 3.29. The fourth-order valence-corrected chi connectivity index (χ4v) is 2.15. The van der Waals surface area contributed by atoms with E-state index in [1.54, 1.807) is 14.2 Å². The number of hydrogen-bond acceptors (Lipinski definition) is 4. The van der Waals surface area contributed by atoms with Crippen LogP contribution in [-0.2, 0) is 14.2 Å². The van der Waals surface area contributed by atoms with Crippen LogP contribution in [0.1, 0.15) is 25.7 Å². The normalized spacial score (nSPS) is 22.6. The summed E-state index contributed by atoms with van der Waals surface area (Å²) in [6.07, 6.45) is 3.74. The summed E-state index contributed by atoms with van der Waals surface area (Å²) >= 11 is 0. The molecule has 1 rings (SSSR count). The van der Waals surface area contributed by atoms with Crippen LogP contribution < -0.4 is 5.73 Å². The highest BCUT2D eigenvalue weighted by molar-refractivity contribution is 4.92. The Labute approximate surface area is 92.1 Å². The van der Waals surface area contributed by atoms with E-state index in [9.17, 15) is 0 Å². The van der Waals surface area contributed by atoms with Gasteiger partial charge in [0.2, 0.25) is 0 Å². The lowest BCUT2D eigenvalue weighted by Gasteiger charge is -2.40. The average Bonchev–Trinajstić information content (AvgIpc) is 2.30. The van der Waals surface area contributed by atoms with Gasteiger partial charge in [0.25, 0.3) is 0 Å². The van der Waals surface area contributed by atoms with Crippen LogP contribution >= 0.6 is 0 Å². The summed E-state index contributed by atoms with van der Waals surface area (Å²) in [7, 11) is 3.47. The van der Waals surface area contributed by atoms with Gasteiger partial charge in [-0.25, -0.2) is 0 Å². The van der Waals surface area contributed by atoms with E-state index in [0.29, 0.717) is 0 Å². The zero-order chi connectivity index (χ0) is 11.1. The second-order valence-corrected chi connectivity index (χ2v) is 4.12. The van der Waals surface area contributed by atoms with E-state index in [0.717, 1.165) is 45.5 Å². The third kappa shape index (κ3) is 3.41. The largest absolute Gasteiger partial charge is 0.385 e. The Hall–Kier alpha value is -0.160. The first-order valence-corrected chi connectivity index (χ1v) is 5.62. The molecule has 1 fully saturated rings.